The van der Waals surface area contributed by atoms with Gasteiger partial charge >= 0.3 is 11.9 Å². The molecular weight excluding hydrogens is 414 g/mol. The first kappa shape index (κ1) is 27.8. The Morgan fingerprint density at radius 3 is 1.62 bits per heavy atom. The van der Waals surface area contributed by atoms with Crippen LogP contribution in [0, 0.1) is 11.6 Å². The van der Waals surface area contributed by atoms with Crippen molar-refractivity contribution in [2.24, 2.45) is 0 Å². The van der Waals surface area contributed by atoms with Gasteiger partial charge in [-0.1, -0.05) is 90.4 Å². The average molecular weight is 453 g/mol. The number of carbonyl (C=O) groups is 2. The number of ether oxygens (including phenoxy) is 2. The molecule has 0 N–H and O–H groups in total. The Morgan fingerprint density at radius 1 is 0.688 bits per heavy atom. The Labute approximate surface area is 191 Å². The Kier molecular flexibility index (Phi) is 15.9. The summed E-state index contributed by atoms with van der Waals surface area (Å²) in [6.45, 7) is 2.54. The molecule has 0 atom stereocenters. The lowest BCUT2D eigenvalue weighted by Crippen LogP contribution is -2.07. The molecule has 32 heavy (non-hydrogen) atoms. The Morgan fingerprint density at radius 2 is 1.12 bits per heavy atom. The van der Waals surface area contributed by atoms with Gasteiger partial charge in [-0.25, -0.2) is 18.4 Å². The third-order valence-electron chi connectivity index (χ3n) is 5.15. The van der Waals surface area contributed by atoms with Gasteiger partial charge in [0.05, 0.1) is 6.61 Å². The molecule has 0 bridgehead atoms. The molecular formula is C26H38F2O4. The van der Waals surface area contributed by atoms with Crippen LogP contribution in [0.3, 0.4) is 0 Å². The number of hydrogen-bond donors (Lipinski definition) is 0. The van der Waals surface area contributed by atoms with Crippen molar-refractivity contribution in [3.05, 3.63) is 42.0 Å². The van der Waals surface area contributed by atoms with Gasteiger partial charge in [0.1, 0.15) is 17.4 Å². The van der Waals surface area contributed by atoms with Gasteiger partial charge in [0.15, 0.2) is 0 Å². The first-order valence-electron chi connectivity index (χ1n) is 12.0. The summed E-state index contributed by atoms with van der Waals surface area (Å²) in [5.41, 5.74) is 0. The fourth-order valence-corrected chi connectivity index (χ4v) is 3.39. The molecule has 0 amide bonds. The van der Waals surface area contributed by atoms with E-state index in [2.05, 4.69) is 6.92 Å². The van der Waals surface area contributed by atoms with Crippen molar-refractivity contribution >= 4 is 11.9 Å². The van der Waals surface area contributed by atoms with E-state index >= 15 is 0 Å². The van der Waals surface area contributed by atoms with E-state index in [0.29, 0.717) is 12.7 Å². The first-order valence-corrected chi connectivity index (χ1v) is 12.0. The molecule has 0 heterocycles. The Balaban J connectivity index is 1.95. The molecule has 0 aromatic heterocycles. The van der Waals surface area contributed by atoms with Crippen molar-refractivity contribution in [3.63, 3.8) is 0 Å². The largest absolute Gasteiger partial charge is 0.463 e. The molecule has 0 unspecified atom stereocenters. The van der Waals surface area contributed by atoms with Gasteiger partial charge in [-0.05, 0) is 6.42 Å². The van der Waals surface area contributed by atoms with E-state index in [0.717, 1.165) is 43.5 Å². The molecule has 0 aliphatic rings. The molecule has 1 aromatic carbocycles. The molecule has 0 saturated heterocycles. The molecule has 1 aromatic rings. The normalized spacial score (nSPS) is 11.1. The van der Waals surface area contributed by atoms with Crippen LogP contribution in [0.15, 0.2) is 30.4 Å². The summed E-state index contributed by atoms with van der Waals surface area (Å²) in [6, 6.07) is 2.42. The maximum absolute atomic E-state index is 13.0. The van der Waals surface area contributed by atoms with Crippen LogP contribution in [0.25, 0.3) is 0 Å². The summed E-state index contributed by atoms with van der Waals surface area (Å²) in [5, 5.41) is 0. The van der Waals surface area contributed by atoms with Crippen molar-refractivity contribution in [1.29, 1.82) is 0 Å². The van der Waals surface area contributed by atoms with E-state index in [1.807, 2.05) is 0 Å². The number of rotatable bonds is 18. The molecule has 0 aliphatic heterocycles. The highest BCUT2D eigenvalue weighted by Gasteiger charge is 2.06. The number of esters is 2. The standard InChI is InChI=1S/C26H38F2O4/c1-2-3-4-5-6-7-8-9-10-11-12-13-14-15-18-31-25(29)16-17-26(30)32-24-20-22(27)19-23(28)21-24/h16-17,19-21H,2-15,18H2,1H3/b17-16+. The van der Waals surface area contributed by atoms with E-state index in [4.69, 9.17) is 9.47 Å². The van der Waals surface area contributed by atoms with E-state index in [1.54, 1.807) is 0 Å². The Bertz CT molecular complexity index is 668. The minimum Gasteiger partial charge on any atom is -0.463 e. The minimum atomic E-state index is -0.913. The molecule has 180 valence electrons. The highest BCUT2D eigenvalue weighted by atomic mass is 19.1. The van der Waals surface area contributed by atoms with Crippen molar-refractivity contribution in [2.75, 3.05) is 6.61 Å². The van der Waals surface area contributed by atoms with Gasteiger partial charge in [0.2, 0.25) is 0 Å². The smallest absolute Gasteiger partial charge is 0.336 e. The zero-order chi connectivity index (χ0) is 23.4. The fraction of sp³-hybridized carbons (Fsp3) is 0.615. The average Bonchev–Trinajstić information content (AvgIpc) is 2.74. The molecule has 0 fully saturated rings. The quantitative estimate of drug-likeness (QED) is 0.100. The summed E-state index contributed by atoms with van der Waals surface area (Å²) >= 11 is 0. The molecule has 0 radical (unpaired) electrons. The molecule has 1 rings (SSSR count). The zero-order valence-electron chi connectivity index (χ0n) is 19.4. The van der Waals surface area contributed by atoms with Crippen LogP contribution < -0.4 is 4.74 Å². The van der Waals surface area contributed by atoms with E-state index in [1.165, 1.54) is 70.6 Å². The fourth-order valence-electron chi connectivity index (χ4n) is 3.39. The van der Waals surface area contributed by atoms with Crippen LogP contribution in [0.5, 0.6) is 5.75 Å². The number of unbranched alkanes of at least 4 members (excludes halogenated alkanes) is 13. The van der Waals surface area contributed by atoms with Crippen LogP contribution >= 0.6 is 0 Å². The predicted octanol–water partition coefficient (Wildman–Crippen LogP) is 7.45. The molecule has 0 aliphatic carbocycles. The van der Waals surface area contributed by atoms with Crippen molar-refractivity contribution < 1.29 is 27.8 Å². The minimum absolute atomic E-state index is 0.270. The summed E-state index contributed by atoms with van der Waals surface area (Å²) in [6.07, 6.45) is 19.3. The van der Waals surface area contributed by atoms with Crippen LogP contribution in [-0.2, 0) is 14.3 Å². The van der Waals surface area contributed by atoms with Gasteiger partial charge in [-0.15, -0.1) is 0 Å². The number of benzene rings is 1. The van der Waals surface area contributed by atoms with Crippen molar-refractivity contribution in [1.82, 2.24) is 0 Å². The topological polar surface area (TPSA) is 52.6 Å². The third kappa shape index (κ3) is 15.5. The molecule has 6 heteroatoms. The lowest BCUT2D eigenvalue weighted by Gasteiger charge is -2.04. The van der Waals surface area contributed by atoms with Crippen LogP contribution in [0.4, 0.5) is 8.78 Å². The van der Waals surface area contributed by atoms with E-state index in [9.17, 15) is 18.4 Å². The zero-order valence-corrected chi connectivity index (χ0v) is 19.4. The molecule has 0 saturated carbocycles. The number of hydrogen-bond acceptors (Lipinski definition) is 4. The predicted molar refractivity (Wildman–Crippen MR) is 122 cm³/mol. The lowest BCUT2D eigenvalue weighted by molar-refractivity contribution is -0.138. The van der Waals surface area contributed by atoms with Gasteiger partial charge in [-0.3, -0.25) is 0 Å². The monoisotopic (exact) mass is 452 g/mol. The molecule has 4 nitrogen and oxygen atoms in total. The van der Waals surface area contributed by atoms with Crippen molar-refractivity contribution in [3.8, 4) is 5.75 Å². The van der Waals surface area contributed by atoms with Crippen molar-refractivity contribution in [2.45, 2.75) is 96.8 Å². The van der Waals surface area contributed by atoms with Gasteiger partial charge in [0, 0.05) is 30.4 Å². The highest BCUT2D eigenvalue weighted by Crippen LogP contribution is 2.16. The lowest BCUT2D eigenvalue weighted by atomic mass is 10.0. The maximum atomic E-state index is 13.0. The second kappa shape index (κ2) is 18.3. The third-order valence-corrected chi connectivity index (χ3v) is 5.15. The highest BCUT2D eigenvalue weighted by molar-refractivity contribution is 5.92. The summed E-state index contributed by atoms with van der Waals surface area (Å²) < 4.78 is 35.9. The summed E-state index contributed by atoms with van der Waals surface area (Å²) in [4.78, 5) is 23.2. The van der Waals surface area contributed by atoms with E-state index < -0.39 is 23.6 Å². The van der Waals surface area contributed by atoms with Crippen LogP contribution in [-0.4, -0.2) is 18.5 Å². The number of carbonyl (C=O) groups excluding carboxylic acids is 2. The van der Waals surface area contributed by atoms with Crippen LogP contribution in [0.2, 0.25) is 0 Å². The van der Waals surface area contributed by atoms with Gasteiger partial charge in [-0.2, -0.15) is 0 Å². The summed E-state index contributed by atoms with van der Waals surface area (Å²) in [5.74, 6) is -3.55. The van der Waals surface area contributed by atoms with Gasteiger partial charge in [0.25, 0.3) is 0 Å². The summed E-state index contributed by atoms with van der Waals surface area (Å²) in [7, 11) is 0. The molecule has 0 spiro atoms. The maximum Gasteiger partial charge on any atom is 0.336 e. The Hall–Kier alpha value is -2.24. The first-order chi connectivity index (χ1) is 15.5. The number of halogens is 2. The van der Waals surface area contributed by atoms with E-state index in [-0.39, 0.29) is 5.75 Å². The second-order valence-corrected chi connectivity index (χ2v) is 8.12. The van der Waals surface area contributed by atoms with Crippen LogP contribution in [0.1, 0.15) is 96.8 Å². The van der Waals surface area contributed by atoms with Gasteiger partial charge < -0.3 is 9.47 Å². The SMILES string of the molecule is CCCCCCCCCCCCCCCCOC(=O)/C=C/C(=O)Oc1cc(F)cc(F)c1. The second-order valence-electron chi connectivity index (χ2n) is 8.12.